The maximum Gasteiger partial charge on any atom is 0.494 e. The van der Waals surface area contributed by atoms with Gasteiger partial charge in [-0.05, 0) is 141 Å². The minimum atomic E-state index is -0.355. The van der Waals surface area contributed by atoms with Crippen LogP contribution in [0.15, 0.2) is 249 Å². The Balaban J connectivity index is 0.000000147. The summed E-state index contributed by atoms with van der Waals surface area (Å²) < 4.78 is 12.3. The van der Waals surface area contributed by atoms with Crippen molar-refractivity contribution in [3.05, 3.63) is 271 Å². The summed E-state index contributed by atoms with van der Waals surface area (Å²) in [6.07, 6.45) is 5.42. The summed E-state index contributed by atoms with van der Waals surface area (Å²) in [6, 6.07) is 79.6. The van der Waals surface area contributed by atoms with Gasteiger partial charge in [-0.1, -0.05) is 146 Å². The lowest BCUT2D eigenvalue weighted by molar-refractivity contribution is 0.00578. The Hall–Kier alpha value is -12.2. The number of hydrogen-bond acceptors (Lipinski definition) is 16. The number of benzene rings is 8. The summed E-state index contributed by atoms with van der Waals surface area (Å²) in [4.78, 5) is 55.0. The molecule has 0 radical (unpaired) electrons. The molecule has 1 aliphatic rings. The zero-order valence-corrected chi connectivity index (χ0v) is 55.1. The Bertz CT molecular complexity index is 5660. The lowest BCUT2D eigenvalue weighted by atomic mass is 9.79. The summed E-state index contributed by atoms with van der Waals surface area (Å²) in [6.45, 7) is 8.27. The monoisotopic (exact) mass is 1320 g/mol. The van der Waals surface area contributed by atoms with Crippen LogP contribution in [0.4, 0.5) is 0 Å². The molecule has 16 nitrogen and oxygen atoms in total. The molecule has 16 aromatic rings. The van der Waals surface area contributed by atoms with E-state index in [0.717, 1.165) is 127 Å². The van der Waals surface area contributed by atoms with Gasteiger partial charge in [-0.2, -0.15) is 25.5 Å². The van der Waals surface area contributed by atoms with Crippen molar-refractivity contribution >= 4 is 101 Å². The number of pyridine rings is 6. The molecule has 0 bridgehead atoms. The van der Waals surface area contributed by atoms with E-state index in [2.05, 4.69) is 167 Å². The van der Waals surface area contributed by atoms with Gasteiger partial charge >= 0.3 is 7.12 Å². The highest BCUT2D eigenvalue weighted by atomic mass is 35.5. The van der Waals surface area contributed by atoms with E-state index in [1.165, 1.54) is 0 Å². The van der Waals surface area contributed by atoms with Gasteiger partial charge in [0.05, 0.1) is 84.6 Å². The minimum Gasteiger partial charge on any atom is -0.399 e. The third-order valence-corrected chi connectivity index (χ3v) is 18.0. The zero-order valence-electron chi connectivity index (χ0n) is 53.6. The largest absolute Gasteiger partial charge is 0.494 e. The van der Waals surface area contributed by atoms with E-state index in [1.54, 1.807) is 48.8 Å². The highest BCUT2D eigenvalue weighted by Gasteiger charge is 2.51. The fraction of sp³-hybridized carbons (Fsp3) is 0.0750. The second-order valence-corrected chi connectivity index (χ2v) is 25.1. The van der Waals surface area contributed by atoms with E-state index in [0.29, 0.717) is 34.4 Å². The van der Waals surface area contributed by atoms with Crippen molar-refractivity contribution in [2.24, 2.45) is 0 Å². The quantitative estimate of drug-likeness (QED) is 0.102. The second-order valence-electron chi connectivity index (χ2n) is 24.5. The molecule has 17 rings (SSSR count). The fourth-order valence-corrected chi connectivity index (χ4v) is 12.0. The van der Waals surface area contributed by atoms with Gasteiger partial charge in [0.1, 0.15) is 0 Å². The van der Waals surface area contributed by atoms with Crippen LogP contribution in [-0.4, -0.2) is 78.1 Å². The molecule has 0 unspecified atom stereocenters. The van der Waals surface area contributed by atoms with Crippen LogP contribution in [0.5, 0.6) is 0 Å². The highest BCUT2D eigenvalue weighted by Crippen LogP contribution is 2.38. The molecule has 19 heteroatoms. The van der Waals surface area contributed by atoms with Crippen LogP contribution in [0.2, 0.25) is 10.6 Å². The molecule has 0 atom stereocenters. The Morgan fingerprint density at radius 2 is 0.576 bits per heavy atom. The van der Waals surface area contributed by atoms with E-state index in [4.69, 9.17) is 67.7 Å². The molecule has 0 aliphatic carbocycles. The zero-order chi connectivity index (χ0) is 67.8. The van der Waals surface area contributed by atoms with Crippen LogP contribution in [-0.2, 0) is 9.31 Å². The first-order valence-electron chi connectivity index (χ1n) is 31.7. The Morgan fingerprint density at radius 1 is 0.303 bits per heavy atom. The van der Waals surface area contributed by atoms with E-state index < -0.39 is 0 Å². The molecule has 9 heterocycles. The molecule has 8 aromatic heterocycles. The molecule has 0 saturated carbocycles. The van der Waals surface area contributed by atoms with Gasteiger partial charge in [0, 0.05) is 89.9 Å². The lowest BCUT2D eigenvalue weighted by Gasteiger charge is -2.32. The van der Waals surface area contributed by atoms with Crippen LogP contribution in [0, 0.1) is 22.7 Å². The van der Waals surface area contributed by atoms with Gasteiger partial charge in [-0.25, -0.2) is 29.9 Å². The Morgan fingerprint density at radius 3 is 0.899 bits per heavy atom. The summed E-state index contributed by atoms with van der Waals surface area (Å²) in [7, 11) is -0.355. The molecule has 99 heavy (non-hydrogen) atoms. The molecule has 1 fully saturated rings. The highest BCUT2D eigenvalue weighted by molar-refractivity contribution is 6.62. The predicted molar refractivity (Wildman–Crippen MR) is 391 cm³/mol. The summed E-state index contributed by atoms with van der Waals surface area (Å²) in [5, 5.41) is 24.5. The molecule has 0 spiro atoms. The van der Waals surface area contributed by atoms with Gasteiger partial charge in [0.25, 0.3) is 0 Å². The number of fused-ring (bicyclic) bond motifs is 9. The third-order valence-electron chi connectivity index (χ3n) is 17.7. The first-order chi connectivity index (χ1) is 48.2. The molecule has 1 aliphatic heterocycles. The standard InChI is InChI=1S/C46H26N8.C24H23BN2O2.C10H4Cl2N4/c47-27-28-5-7-35(8-6-28)44-52-45(36-17-9-29(10-18-36)38-23-21-33-15-13-31-3-1-25-48-40(31)42(33)50-38)54-46(53-44)37-19-11-30(12-20-37)39-24-22-34-16-14-32-4-2-26-49-41(32)43(34)51-39;1-23(2)24(3,4)29-25(28-23)19-12-9-16(10-13-19)20-14-11-18-8-7-17-6-5-15-26-21(17)22(18)27-20;11-9-14-8(15-10(12)16-9)7-3-1-6(5-13)2-4-7/h1-26H;5-15H,1-4H3;1-4H. The van der Waals surface area contributed by atoms with Crippen LogP contribution in [0.25, 0.3) is 145 Å². The van der Waals surface area contributed by atoms with Gasteiger partial charge < -0.3 is 9.31 Å². The topological polar surface area (TPSA) is 221 Å². The number of hydrogen-bond donors (Lipinski definition) is 0. The average Bonchev–Trinajstić information content (AvgIpc) is 1.74. The number of aromatic nitrogens is 12. The van der Waals surface area contributed by atoms with Crippen molar-refractivity contribution < 1.29 is 9.31 Å². The van der Waals surface area contributed by atoms with Crippen molar-refractivity contribution in [3.63, 3.8) is 0 Å². The van der Waals surface area contributed by atoms with Gasteiger partial charge in [0.2, 0.25) is 10.6 Å². The molecular formula is C80H53BCl2N14O2. The Labute approximate surface area is 578 Å². The minimum absolute atomic E-state index is 0.0411. The number of nitriles is 2. The SMILES string of the molecule is CC1(C)OB(c2ccc(-c3ccc4ccc5cccnc5c4n3)cc2)OC1(C)C.N#Cc1ccc(-c2nc(-c3ccc(-c4ccc5ccc6cccnc6c5n4)cc3)nc(-c3ccc(-c4ccc5ccc6cccnc6c5n4)cc3)n2)cc1.N#Cc1ccc(-c2nc(Cl)nc(Cl)n2)cc1. The Kier molecular flexibility index (Phi) is 16.8. The molecule has 8 aromatic carbocycles. The van der Waals surface area contributed by atoms with Crippen LogP contribution >= 0.6 is 23.2 Å². The number of rotatable bonds is 8. The lowest BCUT2D eigenvalue weighted by Crippen LogP contribution is -2.41. The maximum absolute atomic E-state index is 9.39. The fourth-order valence-electron chi connectivity index (χ4n) is 11.6. The average molecular weight is 1320 g/mol. The first kappa shape index (κ1) is 62.9. The second kappa shape index (κ2) is 26.4. The van der Waals surface area contributed by atoms with E-state index in [-0.39, 0.29) is 28.9 Å². The first-order valence-corrected chi connectivity index (χ1v) is 32.4. The predicted octanol–water partition coefficient (Wildman–Crippen LogP) is 17.7. The van der Waals surface area contributed by atoms with Crippen molar-refractivity contribution in [1.82, 2.24) is 59.8 Å². The van der Waals surface area contributed by atoms with Crippen LogP contribution in [0.1, 0.15) is 38.8 Å². The van der Waals surface area contributed by atoms with Gasteiger partial charge in [-0.15, -0.1) is 0 Å². The van der Waals surface area contributed by atoms with Crippen LogP contribution < -0.4 is 5.46 Å². The summed E-state index contributed by atoms with van der Waals surface area (Å²) in [5.74, 6) is 1.97. The molecule has 0 N–H and O–H groups in total. The normalized spacial score (nSPS) is 13.0. The smallest absolute Gasteiger partial charge is 0.399 e. The van der Waals surface area contributed by atoms with Gasteiger partial charge in [0.15, 0.2) is 23.3 Å². The number of halogens is 2. The summed E-state index contributed by atoms with van der Waals surface area (Å²) in [5.41, 5.74) is 15.6. The number of nitrogens with zero attached hydrogens (tertiary/aromatic N) is 14. The van der Waals surface area contributed by atoms with Crippen molar-refractivity contribution in [1.29, 1.82) is 10.5 Å². The third kappa shape index (κ3) is 12.9. The van der Waals surface area contributed by atoms with Crippen molar-refractivity contribution in [3.8, 4) is 91.5 Å². The molecule has 0 amide bonds. The molecule has 472 valence electrons. The van der Waals surface area contributed by atoms with E-state index in [9.17, 15) is 5.26 Å². The summed E-state index contributed by atoms with van der Waals surface area (Å²) >= 11 is 11.3. The van der Waals surface area contributed by atoms with Crippen LogP contribution in [0.3, 0.4) is 0 Å². The molecule has 1 saturated heterocycles. The van der Waals surface area contributed by atoms with Gasteiger partial charge in [-0.3, -0.25) is 15.0 Å². The van der Waals surface area contributed by atoms with Crippen molar-refractivity contribution in [2.45, 2.75) is 38.9 Å². The molecular weight excluding hydrogens is 1270 g/mol. The van der Waals surface area contributed by atoms with Crippen molar-refractivity contribution in [2.75, 3.05) is 0 Å². The maximum atomic E-state index is 9.39. The van der Waals surface area contributed by atoms with E-state index >= 15 is 0 Å². The van der Waals surface area contributed by atoms with E-state index in [1.807, 2.05) is 103 Å².